The smallest absolute Gasteiger partial charge is 0.137 e. The van der Waals surface area contributed by atoms with Gasteiger partial charge >= 0.3 is 0 Å². The van der Waals surface area contributed by atoms with Gasteiger partial charge < -0.3 is 33.7 Å². The number of nitrogens with zero attached hydrogens (tertiary/aromatic N) is 12. The van der Waals surface area contributed by atoms with Gasteiger partial charge in [-0.05, 0) is 55.3 Å². The van der Waals surface area contributed by atoms with Gasteiger partial charge in [0.05, 0.1) is 84.2 Å². The highest BCUT2D eigenvalue weighted by Gasteiger charge is 2.14. The Labute approximate surface area is 615 Å². The molecule has 4 heterocycles. The molecule has 0 aliphatic carbocycles. The van der Waals surface area contributed by atoms with Gasteiger partial charge in [-0.3, -0.25) is 47.5 Å². The largest absolute Gasteiger partial charge is 0.381 e. The first-order chi connectivity index (χ1) is 48.0. The standard InChI is InChI=1S/3C13H23N3O2.C13H24O3.C13H26O2.C12H24N4O/c3*1-10(2)7-16-8-12(14-15-16)9-18-6-5-13(17)11(3)4;1-10(2)12(14)6-5-8-16-9-7-13(15)11(3)4;1-11(2)7-5-9-15-10-6-8-13(14)12(3)4;1-10(2)7-16-8-12(14-15-16)9-17-6-5-13-11(3)4/h3*8,10-11H,5-7,9H2,1-4H3;10-11H,5-9H2,1-4H3;11-12H,5-10H2,1-4H3;8,10-11,13H,5-7,9H2,1-4H3. The summed E-state index contributed by atoms with van der Waals surface area (Å²) in [4.78, 5) is 67.9. The van der Waals surface area contributed by atoms with Crippen LogP contribution in [0.3, 0.4) is 0 Å². The Morgan fingerprint density at radius 2 is 0.539 bits per heavy atom. The summed E-state index contributed by atoms with van der Waals surface area (Å²) in [6, 6.07) is 0.505. The minimum atomic E-state index is 0.0838. The summed E-state index contributed by atoms with van der Waals surface area (Å²) in [6.45, 7) is 59.6. The molecule has 0 aliphatic heterocycles. The van der Waals surface area contributed by atoms with Gasteiger partial charge in [-0.1, -0.05) is 187 Å². The molecule has 0 atom stereocenters. The summed E-state index contributed by atoms with van der Waals surface area (Å²) in [5.41, 5.74) is 3.34. The zero-order valence-corrected chi connectivity index (χ0v) is 68.1. The normalized spacial score (nSPS) is 11.4. The molecule has 4 rings (SSSR count). The number of carbonyl (C=O) groups is 6. The van der Waals surface area contributed by atoms with E-state index in [1.807, 2.05) is 127 Å². The van der Waals surface area contributed by atoms with Gasteiger partial charge in [-0.2, -0.15) is 0 Å². The topological polar surface area (TPSA) is 293 Å². The second kappa shape index (κ2) is 60.6. The summed E-state index contributed by atoms with van der Waals surface area (Å²) in [6.07, 6.45) is 14.8. The van der Waals surface area contributed by atoms with Crippen LogP contribution < -0.4 is 5.32 Å². The van der Waals surface area contributed by atoms with Crippen LogP contribution in [0.25, 0.3) is 0 Å². The number of ketones is 6. The van der Waals surface area contributed by atoms with Crippen molar-refractivity contribution in [1.82, 2.24) is 65.3 Å². The molecule has 0 bridgehead atoms. The highest BCUT2D eigenvalue weighted by Crippen LogP contribution is 2.10. The van der Waals surface area contributed by atoms with Gasteiger partial charge in [0.15, 0.2) is 0 Å². The van der Waals surface area contributed by atoms with E-state index in [9.17, 15) is 28.8 Å². The van der Waals surface area contributed by atoms with E-state index in [-0.39, 0.29) is 64.4 Å². The molecule has 25 heteroatoms. The Bertz CT molecular complexity index is 2550. The van der Waals surface area contributed by atoms with Crippen LogP contribution in [-0.4, -0.2) is 160 Å². The predicted molar refractivity (Wildman–Crippen MR) is 403 cm³/mol. The van der Waals surface area contributed by atoms with Crippen LogP contribution in [-0.2, 0) is 110 Å². The number of Topliss-reactive ketones (excluding diaryl/α,β-unsaturated/α-hetero) is 6. The molecule has 0 unspecified atom stereocenters. The third kappa shape index (κ3) is 58.7. The molecule has 102 heavy (non-hydrogen) atoms. The average molecular weight is 1440 g/mol. The third-order valence-electron chi connectivity index (χ3n) is 14.7. The molecule has 0 aliphatic rings. The minimum Gasteiger partial charge on any atom is -0.381 e. The fourth-order valence-electron chi connectivity index (χ4n) is 8.52. The molecule has 0 saturated carbocycles. The summed E-state index contributed by atoms with van der Waals surface area (Å²) in [5, 5.41) is 35.5. The first-order valence-electron chi connectivity index (χ1n) is 37.9. The molecule has 25 nitrogen and oxygen atoms in total. The van der Waals surface area contributed by atoms with Crippen molar-refractivity contribution in [2.24, 2.45) is 65.1 Å². The van der Waals surface area contributed by atoms with Gasteiger partial charge in [-0.15, -0.1) is 20.4 Å². The van der Waals surface area contributed by atoms with Crippen molar-refractivity contribution in [3.8, 4) is 0 Å². The van der Waals surface area contributed by atoms with Gasteiger partial charge in [0.2, 0.25) is 0 Å². The van der Waals surface area contributed by atoms with E-state index in [0.29, 0.717) is 140 Å². The van der Waals surface area contributed by atoms with Gasteiger partial charge in [-0.25, -0.2) is 0 Å². The zero-order valence-electron chi connectivity index (χ0n) is 68.1. The average Bonchev–Trinajstić information content (AvgIpc) is 1.80. The SMILES string of the molecule is CC(C)C(=O)CCCOCCC(=O)C(C)C.CC(C)CCCOCCCC(=O)C(C)C.CC(C)Cn1cc(COCCC(=O)C(C)C)nn1.CC(C)Cn1cc(COCCC(=O)C(C)C)nn1.CC(C)Cn1cc(COCCC(=O)C(C)C)nn1.CC(C)Cn1cc(COCCNC(C)C)nn1. The monoisotopic (exact) mass is 1440 g/mol. The quantitative estimate of drug-likeness (QED) is 0.0402. The first-order valence-corrected chi connectivity index (χ1v) is 37.9. The lowest BCUT2D eigenvalue weighted by Gasteiger charge is -2.07. The fraction of sp³-hybridized carbons (Fsp3) is 0.818. The van der Waals surface area contributed by atoms with Crippen molar-refractivity contribution in [3.63, 3.8) is 0 Å². The maximum atomic E-state index is 11.4. The molecule has 0 saturated heterocycles. The maximum Gasteiger partial charge on any atom is 0.137 e. The van der Waals surface area contributed by atoms with Gasteiger partial charge in [0.25, 0.3) is 0 Å². The van der Waals surface area contributed by atoms with Crippen LogP contribution in [0.2, 0.25) is 0 Å². The summed E-state index contributed by atoms with van der Waals surface area (Å²) in [5.74, 6) is 5.17. The lowest BCUT2D eigenvalue weighted by molar-refractivity contribution is -0.124. The Kier molecular flexibility index (Phi) is 58.4. The molecule has 0 amide bonds. The second-order valence-electron chi connectivity index (χ2n) is 30.3. The van der Waals surface area contributed by atoms with E-state index >= 15 is 0 Å². The molecule has 0 aromatic carbocycles. The number of nitrogens with one attached hydrogen (secondary N) is 1. The van der Waals surface area contributed by atoms with Crippen molar-refractivity contribution in [3.05, 3.63) is 47.6 Å². The van der Waals surface area contributed by atoms with Crippen molar-refractivity contribution >= 4 is 34.7 Å². The number of carbonyl (C=O) groups excluding carboxylic acids is 6. The van der Waals surface area contributed by atoms with E-state index in [2.05, 4.69) is 130 Å². The molecule has 0 spiro atoms. The highest BCUT2D eigenvalue weighted by atomic mass is 16.5. The maximum absolute atomic E-state index is 11.4. The van der Waals surface area contributed by atoms with Crippen LogP contribution in [0, 0.1) is 65.1 Å². The second-order valence-corrected chi connectivity index (χ2v) is 30.3. The van der Waals surface area contributed by atoms with Crippen LogP contribution in [0.4, 0.5) is 0 Å². The van der Waals surface area contributed by atoms with Gasteiger partial charge in [0.1, 0.15) is 57.5 Å². The van der Waals surface area contributed by atoms with E-state index in [0.717, 1.165) is 93.9 Å². The number of ether oxygens (including phenoxy) is 6. The molecule has 588 valence electrons. The summed E-state index contributed by atoms with van der Waals surface area (Å²) in [7, 11) is 0. The summed E-state index contributed by atoms with van der Waals surface area (Å²) < 4.78 is 39.9. The molecule has 1 N–H and O–H groups in total. The van der Waals surface area contributed by atoms with Crippen molar-refractivity contribution in [2.75, 3.05) is 59.4 Å². The molecule has 4 aromatic heterocycles. The Morgan fingerprint density at radius 3 is 0.784 bits per heavy atom. The van der Waals surface area contributed by atoms with Crippen LogP contribution in [0.5, 0.6) is 0 Å². The van der Waals surface area contributed by atoms with Crippen molar-refractivity contribution in [2.45, 2.75) is 289 Å². The molecule has 0 radical (unpaired) electrons. The predicted octanol–water partition coefficient (Wildman–Crippen LogP) is 13.7. The van der Waals surface area contributed by atoms with Crippen LogP contribution in [0.15, 0.2) is 24.8 Å². The number of hydrogen-bond acceptors (Lipinski definition) is 21. The Morgan fingerprint density at radius 1 is 0.304 bits per heavy atom. The van der Waals surface area contributed by atoms with E-state index in [1.165, 1.54) is 6.42 Å². The number of rotatable bonds is 50. The minimum absolute atomic E-state index is 0.0838. The van der Waals surface area contributed by atoms with Crippen LogP contribution >= 0.6 is 0 Å². The highest BCUT2D eigenvalue weighted by molar-refractivity contribution is 5.82. The third-order valence-corrected chi connectivity index (χ3v) is 14.7. The first kappa shape index (κ1) is 98.4. The number of aromatic nitrogens is 12. The Balaban J connectivity index is 0. The summed E-state index contributed by atoms with van der Waals surface area (Å²) >= 11 is 0. The van der Waals surface area contributed by atoms with Crippen molar-refractivity contribution < 1.29 is 57.2 Å². The van der Waals surface area contributed by atoms with E-state index in [4.69, 9.17) is 28.4 Å². The van der Waals surface area contributed by atoms with Crippen molar-refractivity contribution in [1.29, 1.82) is 0 Å². The molecule has 0 fully saturated rings. The van der Waals surface area contributed by atoms with E-state index in [1.54, 1.807) is 0 Å². The Hall–Kier alpha value is -5.70. The molecular formula is C77H143N13O12. The molecular weight excluding hydrogens is 1300 g/mol. The van der Waals surface area contributed by atoms with E-state index < -0.39 is 0 Å². The number of hydrogen-bond donors (Lipinski definition) is 1. The fourth-order valence-corrected chi connectivity index (χ4v) is 8.52. The molecule has 4 aromatic rings. The van der Waals surface area contributed by atoms with Crippen LogP contribution in [0.1, 0.15) is 253 Å². The lowest BCUT2D eigenvalue weighted by atomic mass is 10.1. The van der Waals surface area contributed by atoms with Gasteiger partial charge in [0, 0.05) is 133 Å². The zero-order chi connectivity index (χ0) is 77.5. The lowest BCUT2D eigenvalue weighted by Crippen LogP contribution is -2.26.